The van der Waals surface area contributed by atoms with E-state index >= 15 is 0 Å². The molecule has 37 heavy (non-hydrogen) atoms. The summed E-state index contributed by atoms with van der Waals surface area (Å²) in [5.41, 5.74) is 2.10. The van der Waals surface area contributed by atoms with Crippen molar-refractivity contribution in [1.82, 2.24) is 0 Å². The smallest absolute Gasteiger partial charge is 0.340 e. The summed E-state index contributed by atoms with van der Waals surface area (Å²) in [5, 5.41) is 14.6. The van der Waals surface area contributed by atoms with Gasteiger partial charge in [-0.05, 0) is 55.5 Å². The lowest BCUT2D eigenvalue weighted by Crippen LogP contribution is -2.37. The summed E-state index contributed by atoms with van der Waals surface area (Å²) >= 11 is 0. The van der Waals surface area contributed by atoms with Crippen LogP contribution in [0.25, 0.3) is 0 Å². The van der Waals surface area contributed by atoms with E-state index in [0.717, 1.165) is 31.6 Å². The van der Waals surface area contributed by atoms with Crippen LogP contribution < -0.4 is 15.1 Å². The van der Waals surface area contributed by atoms with Crippen molar-refractivity contribution in [2.45, 2.75) is 33.1 Å². The van der Waals surface area contributed by atoms with Gasteiger partial charge in [-0.2, -0.15) is 0 Å². The molecule has 0 saturated carbocycles. The number of carbonyl (C=O) groups excluding carboxylic acids is 2. The highest BCUT2D eigenvalue weighted by Crippen LogP contribution is 2.33. The van der Waals surface area contributed by atoms with Crippen LogP contribution in [0.2, 0.25) is 0 Å². The zero-order valence-electron chi connectivity index (χ0n) is 21.4. The molecule has 2 aliphatic rings. The fraction of sp³-hybridized carbons (Fsp3) is 0.481. The number of morpholine rings is 1. The van der Waals surface area contributed by atoms with Crippen molar-refractivity contribution in [3.05, 3.63) is 57.6 Å². The fourth-order valence-electron chi connectivity index (χ4n) is 4.66. The van der Waals surface area contributed by atoms with Gasteiger partial charge in [-0.3, -0.25) is 14.9 Å². The minimum atomic E-state index is -0.492. The molecule has 2 heterocycles. The molecule has 198 valence electrons. The van der Waals surface area contributed by atoms with E-state index in [1.165, 1.54) is 6.07 Å². The van der Waals surface area contributed by atoms with E-state index < -0.39 is 16.8 Å². The highest BCUT2D eigenvalue weighted by atomic mass is 16.6. The van der Waals surface area contributed by atoms with Gasteiger partial charge >= 0.3 is 5.97 Å². The first-order valence-electron chi connectivity index (χ1n) is 12.9. The molecule has 1 amide bonds. The molecule has 0 spiro atoms. The number of benzene rings is 2. The van der Waals surface area contributed by atoms with E-state index in [1.807, 2.05) is 11.8 Å². The molecule has 0 radical (unpaired) electrons. The van der Waals surface area contributed by atoms with E-state index in [0.29, 0.717) is 62.2 Å². The molecule has 0 aromatic heterocycles. The first-order chi connectivity index (χ1) is 17.9. The number of nitro groups is 1. The Morgan fingerprint density at radius 1 is 1.05 bits per heavy atom. The number of piperidine rings is 1. The third-order valence-corrected chi connectivity index (χ3v) is 6.82. The predicted molar refractivity (Wildman–Crippen MR) is 142 cm³/mol. The Morgan fingerprint density at radius 2 is 1.73 bits per heavy atom. The van der Waals surface area contributed by atoms with Crippen LogP contribution in [0.5, 0.6) is 0 Å². The number of amides is 1. The molecule has 0 aliphatic carbocycles. The second kappa shape index (κ2) is 12.1. The van der Waals surface area contributed by atoms with Crippen LogP contribution in [0.4, 0.5) is 22.7 Å². The highest BCUT2D eigenvalue weighted by molar-refractivity contribution is 6.06. The number of nitrogens with one attached hydrogen (secondary N) is 1. The van der Waals surface area contributed by atoms with Gasteiger partial charge in [-0.25, -0.2) is 4.79 Å². The third-order valence-electron chi connectivity index (χ3n) is 6.82. The van der Waals surface area contributed by atoms with Gasteiger partial charge in [0.05, 0.1) is 36.0 Å². The van der Waals surface area contributed by atoms with Crippen molar-refractivity contribution in [2.75, 3.05) is 61.1 Å². The molecule has 2 aliphatic heterocycles. The van der Waals surface area contributed by atoms with E-state index in [-0.39, 0.29) is 11.3 Å². The Bertz CT molecular complexity index is 1140. The number of ether oxygens (including phenoxy) is 2. The molecule has 0 atom stereocenters. The van der Waals surface area contributed by atoms with E-state index in [4.69, 9.17) is 9.47 Å². The maximum Gasteiger partial charge on any atom is 0.340 e. The normalized spacial score (nSPS) is 16.4. The molecule has 4 rings (SSSR count). The summed E-state index contributed by atoms with van der Waals surface area (Å²) in [4.78, 5) is 41.4. The van der Waals surface area contributed by atoms with E-state index in [9.17, 15) is 19.7 Å². The molecular weight excluding hydrogens is 476 g/mol. The summed E-state index contributed by atoms with van der Waals surface area (Å²) < 4.78 is 10.8. The van der Waals surface area contributed by atoms with E-state index in [2.05, 4.69) is 17.1 Å². The zero-order chi connectivity index (χ0) is 26.4. The van der Waals surface area contributed by atoms with Gasteiger partial charge in [0.25, 0.3) is 11.6 Å². The molecule has 0 unspecified atom stereocenters. The van der Waals surface area contributed by atoms with Crippen LogP contribution in [0.1, 0.15) is 53.8 Å². The molecule has 2 aromatic carbocycles. The summed E-state index contributed by atoms with van der Waals surface area (Å²) in [6.07, 6.45) is 2.64. The van der Waals surface area contributed by atoms with Crippen LogP contribution in [-0.4, -0.2) is 62.8 Å². The Labute approximate surface area is 216 Å². The molecule has 0 bridgehead atoms. The summed E-state index contributed by atoms with van der Waals surface area (Å²) in [5.74, 6) is -0.358. The average molecular weight is 511 g/mol. The van der Waals surface area contributed by atoms with Crippen molar-refractivity contribution in [2.24, 2.45) is 5.92 Å². The lowest BCUT2D eigenvalue weighted by atomic mass is 9.98. The lowest BCUT2D eigenvalue weighted by Gasteiger charge is -2.31. The zero-order valence-corrected chi connectivity index (χ0v) is 21.4. The quantitative estimate of drug-likeness (QED) is 0.314. The summed E-state index contributed by atoms with van der Waals surface area (Å²) in [7, 11) is 0. The fourth-order valence-corrected chi connectivity index (χ4v) is 4.66. The number of nitrogens with zero attached hydrogens (tertiary/aromatic N) is 3. The minimum Gasteiger partial charge on any atom is -0.462 e. The van der Waals surface area contributed by atoms with Gasteiger partial charge in [0.1, 0.15) is 5.69 Å². The van der Waals surface area contributed by atoms with Gasteiger partial charge < -0.3 is 24.6 Å². The topological polar surface area (TPSA) is 114 Å². The maximum atomic E-state index is 13.1. The monoisotopic (exact) mass is 510 g/mol. The van der Waals surface area contributed by atoms with Gasteiger partial charge in [0.15, 0.2) is 0 Å². The Kier molecular flexibility index (Phi) is 8.60. The molecule has 10 heteroatoms. The maximum absolute atomic E-state index is 13.1. The van der Waals surface area contributed by atoms with Crippen molar-refractivity contribution >= 4 is 34.6 Å². The molecule has 1 N–H and O–H groups in total. The lowest BCUT2D eigenvalue weighted by molar-refractivity contribution is -0.384. The molecule has 10 nitrogen and oxygen atoms in total. The number of rotatable bonds is 8. The Hall–Kier alpha value is -3.66. The highest BCUT2D eigenvalue weighted by Gasteiger charge is 2.25. The minimum absolute atomic E-state index is 0.0892. The van der Waals surface area contributed by atoms with Crippen LogP contribution >= 0.6 is 0 Å². The number of carbonyl (C=O) groups is 2. The SMILES string of the molecule is CCCOC(=O)c1cc(NC(=O)c2ccc(N3CCC(C)CC3)c([N+](=O)[O-])c2)ccc1N1CCOCC1. The van der Waals surface area contributed by atoms with E-state index in [1.54, 1.807) is 30.3 Å². The second-order valence-corrected chi connectivity index (χ2v) is 9.55. The van der Waals surface area contributed by atoms with Crippen molar-refractivity contribution in [3.63, 3.8) is 0 Å². The number of esters is 1. The number of hydrogen-bond acceptors (Lipinski definition) is 8. The number of nitro benzene ring substituents is 1. The molecule has 2 saturated heterocycles. The summed E-state index contributed by atoms with van der Waals surface area (Å²) in [6.45, 7) is 8.31. The van der Waals surface area contributed by atoms with Crippen LogP contribution in [0, 0.1) is 16.0 Å². The number of hydrogen-bond donors (Lipinski definition) is 1. The predicted octanol–water partition coefficient (Wildman–Crippen LogP) is 4.49. The Balaban J connectivity index is 1.56. The van der Waals surface area contributed by atoms with Gasteiger partial charge in [-0.15, -0.1) is 0 Å². The number of anilines is 3. The van der Waals surface area contributed by atoms with Gasteiger partial charge in [-0.1, -0.05) is 13.8 Å². The average Bonchev–Trinajstić information content (AvgIpc) is 2.92. The second-order valence-electron chi connectivity index (χ2n) is 9.55. The standard InChI is InChI=1S/C27H34N4O6/c1-3-14-37-27(33)22-18-21(5-7-23(22)30-12-15-36-16-13-30)28-26(32)20-4-6-24(25(17-20)31(34)35)29-10-8-19(2)9-11-29/h4-7,17-19H,3,8-16H2,1-2H3,(H,28,32). The van der Waals surface area contributed by atoms with Gasteiger partial charge in [0.2, 0.25) is 0 Å². The molecule has 2 fully saturated rings. The van der Waals surface area contributed by atoms with Crippen molar-refractivity contribution in [3.8, 4) is 0 Å². The van der Waals surface area contributed by atoms with Crippen molar-refractivity contribution < 1.29 is 24.0 Å². The van der Waals surface area contributed by atoms with Crippen molar-refractivity contribution in [1.29, 1.82) is 0 Å². The first-order valence-corrected chi connectivity index (χ1v) is 12.9. The molecular formula is C27H34N4O6. The van der Waals surface area contributed by atoms with Crippen LogP contribution in [0.3, 0.4) is 0 Å². The largest absolute Gasteiger partial charge is 0.462 e. The van der Waals surface area contributed by atoms with Crippen LogP contribution in [-0.2, 0) is 9.47 Å². The Morgan fingerprint density at radius 3 is 2.41 bits per heavy atom. The van der Waals surface area contributed by atoms with Crippen LogP contribution in [0.15, 0.2) is 36.4 Å². The summed E-state index contributed by atoms with van der Waals surface area (Å²) in [6, 6.07) is 9.68. The van der Waals surface area contributed by atoms with Gasteiger partial charge in [0, 0.05) is 43.5 Å². The first kappa shape index (κ1) is 26.4. The third kappa shape index (κ3) is 6.37. The molecule has 2 aromatic rings.